The van der Waals surface area contributed by atoms with Crippen molar-refractivity contribution < 1.29 is 14.4 Å². The van der Waals surface area contributed by atoms with Crippen LogP contribution in [0.25, 0.3) is 11.1 Å². The van der Waals surface area contributed by atoms with E-state index in [-0.39, 0.29) is 17.7 Å². The van der Waals surface area contributed by atoms with Crippen molar-refractivity contribution in [3.63, 3.8) is 0 Å². The molecule has 0 spiro atoms. The van der Waals surface area contributed by atoms with Crippen LogP contribution < -0.4 is 0 Å². The first-order valence-electron chi connectivity index (χ1n) is 12.6. The summed E-state index contributed by atoms with van der Waals surface area (Å²) in [4.78, 5) is 28.6. The molecule has 0 saturated carbocycles. The number of oxime groups is 1. The van der Waals surface area contributed by atoms with E-state index in [9.17, 15) is 9.59 Å². The Bertz CT molecular complexity index is 1060. The van der Waals surface area contributed by atoms with Gasteiger partial charge in [-0.15, -0.1) is 0 Å². The van der Waals surface area contributed by atoms with Crippen molar-refractivity contribution in [2.75, 3.05) is 0 Å². The van der Waals surface area contributed by atoms with Gasteiger partial charge < -0.3 is 4.84 Å². The number of Topliss-reactive ketones (excluding diaryl/α,β-unsaturated/α-hetero) is 1. The van der Waals surface area contributed by atoms with Crippen LogP contribution in [0.15, 0.2) is 47.6 Å². The lowest BCUT2D eigenvalue weighted by Crippen LogP contribution is -2.41. The van der Waals surface area contributed by atoms with Crippen LogP contribution in [0.1, 0.15) is 96.8 Å². The van der Waals surface area contributed by atoms with Gasteiger partial charge in [0.1, 0.15) is 0 Å². The monoisotopic (exact) mass is 461 g/mol. The first-order chi connectivity index (χ1) is 16.2. The highest BCUT2D eigenvalue weighted by Gasteiger charge is 2.44. The van der Waals surface area contributed by atoms with Crippen LogP contribution in [-0.2, 0) is 25.3 Å². The number of unbranched alkanes of at least 4 members (excludes halogenated alkanes) is 2. The van der Waals surface area contributed by atoms with Gasteiger partial charge in [0.05, 0.1) is 11.6 Å². The normalized spacial score (nSPS) is 14.6. The molecular formula is C30H39NO3. The van der Waals surface area contributed by atoms with Crippen molar-refractivity contribution in [1.82, 2.24) is 0 Å². The second-order valence-corrected chi connectivity index (χ2v) is 10.7. The summed E-state index contributed by atoms with van der Waals surface area (Å²) in [5.41, 5.74) is 4.82. The van der Waals surface area contributed by atoms with Crippen LogP contribution in [-0.4, -0.2) is 18.5 Å². The fraction of sp³-hybridized carbons (Fsp3) is 0.500. The second kappa shape index (κ2) is 10.2. The summed E-state index contributed by atoms with van der Waals surface area (Å²) in [6.45, 7) is 12.4. The van der Waals surface area contributed by atoms with E-state index in [1.54, 1.807) is 0 Å². The van der Waals surface area contributed by atoms with Crippen molar-refractivity contribution in [2.45, 2.75) is 90.9 Å². The summed E-state index contributed by atoms with van der Waals surface area (Å²) in [6, 6.07) is 15.5. The maximum Gasteiger partial charge on any atom is 0.323 e. The molecule has 182 valence electrons. The van der Waals surface area contributed by atoms with E-state index in [0.717, 1.165) is 31.2 Å². The minimum Gasteiger partial charge on any atom is -0.322 e. The van der Waals surface area contributed by atoms with Crippen LogP contribution in [0.3, 0.4) is 0 Å². The minimum absolute atomic E-state index is 0.0120. The fourth-order valence-corrected chi connectivity index (χ4v) is 5.65. The lowest BCUT2D eigenvalue weighted by atomic mass is 9.67. The molecule has 3 rings (SSSR count). The molecular weight excluding hydrogens is 422 g/mol. The Kier molecular flexibility index (Phi) is 7.80. The number of fused-ring (bicyclic) bond motifs is 3. The third kappa shape index (κ3) is 4.60. The predicted octanol–water partition coefficient (Wildman–Crippen LogP) is 7.37. The Labute approximate surface area is 204 Å². The number of carbonyl (C=O) groups excluding carboxylic acids is 2. The molecule has 0 atom stereocenters. The van der Waals surface area contributed by atoms with Gasteiger partial charge in [0.25, 0.3) is 0 Å². The minimum atomic E-state index is -0.879. The largest absolute Gasteiger partial charge is 0.323 e. The number of nitrogens with zero attached hydrogens (tertiary/aromatic N) is 1. The number of benzene rings is 2. The summed E-state index contributed by atoms with van der Waals surface area (Å²) in [5.74, 6) is 0.0291. The molecule has 0 amide bonds. The van der Waals surface area contributed by atoms with Crippen molar-refractivity contribution >= 4 is 18.5 Å². The van der Waals surface area contributed by atoms with Gasteiger partial charge in [-0.1, -0.05) is 87.2 Å². The Hall–Kier alpha value is -2.75. The highest BCUT2D eigenvalue weighted by atomic mass is 16.7. The zero-order valence-corrected chi connectivity index (χ0v) is 21.6. The first-order valence-corrected chi connectivity index (χ1v) is 12.6. The Balaban J connectivity index is 2.13. The standard InChI is InChI=1S/C30H39NO3/c1-7-9-17-30(18-10-8-2)25-14-12-11-13-23(25)24-16-15-22(19-26(24)30)29(5,6)27(33)28(3,4)20-31-34-21-32/h11-16,19-21H,7-10,17-18H2,1-6H3/b31-20+. The summed E-state index contributed by atoms with van der Waals surface area (Å²) in [6.07, 6.45) is 8.31. The molecule has 2 aromatic rings. The van der Waals surface area contributed by atoms with E-state index in [0.29, 0.717) is 0 Å². The van der Waals surface area contributed by atoms with Gasteiger partial charge in [0, 0.05) is 10.8 Å². The van der Waals surface area contributed by atoms with E-state index >= 15 is 0 Å². The van der Waals surface area contributed by atoms with Gasteiger partial charge in [-0.3, -0.25) is 9.59 Å². The number of hydrogen-bond donors (Lipinski definition) is 0. The molecule has 0 aromatic heterocycles. The molecule has 0 radical (unpaired) electrons. The van der Waals surface area contributed by atoms with E-state index in [1.165, 1.54) is 41.3 Å². The van der Waals surface area contributed by atoms with E-state index in [2.05, 4.69) is 66.3 Å². The Morgan fingerprint density at radius 2 is 1.56 bits per heavy atom. The van der Waals surface area contributed by atoms with Crippen LogP contribution in [0, 0.1) is 5.41 Å². The topological polar surface area (TPSA) is 55.7 Å². The summed E-state index contributed by atoms with van der Waals surface area (Å²) < 4.78 is 0. The Morgan fingerprint density at radius 3 is 2.18 bits per heavy atom. The number of rotatable bonds is 12. The molecule has 0 heterocycles. The zero-order valence-electron chi connectivity index (χ0n) is 21.6. The van der Waals surface area contributed by atoms with Crippen LogP contribution in [0.4, 0.5) is 0 Å². The van der Waals surface area contributed by atoms with Crippen molar-refractivity contribution in [1.29, 1.82) is 0 Å². The van der Waals surface area contributed by atoms with Gasteiger partial charge >= 0.3 is 6.47 Å². The van der Waals surface area contributed by atoms with E-state index < -0.39 is 10.8 Å². The highest BCUT2D eigenvalue weighted by Crippen LogP contribution is 2.54. The second-order valence-electron chi connectivity index (χ2n) is 10.7. The quantitative estimate of drug-likeness (QED) is 0.143. The average molecular weight is 462 g/mol. The molecule has 0 saturated heterocycles. The summed E-state index contributed by atoms with van der Waals surface area (Å²) in [5, 5.41) is 3.65. The third-order valence-electron chi connectivity index (χ3n) is 7.54. The van der Waals surface area contributed by atoms with Crippen LogP contribution >= 0.6 is 0 Å². The van der Waals surface area contributed by atoms with Gasteiger partial charge in [-0.05, 0) is 68.4 Å². The molecule has 1 aliphatic rings. The van der Waals surface area contributed by atoms with Crippen LogP contribution in [0.2, 0.25) is 0 Å². The molecule has 2 aromatic carbocycles. The molecule has 1 aliphatic carbocycles. The molecule has 0 aliphatic heterocycles. The summed E-state index contributed by atoms with van der Waals surface area (Å²) >= 11 is 0. The Morgan fingerprint density at radius 1 is 0.941 bits per heavy atom. The molecule has 0 unspecified atom stereocenters. The smallest absolute Gasteiger partial charge is 0.322 e. The van der Waals surface area contributed by atoms with Crippen LogP contribution in [0.5, 0.6) is 0 Å². The first kappa shape index (κ1) is 25.9. The van der Waals surface area contributed by atoms with E-state index in [4.69, 9.17) is 0 Å². The number of hydrogen-bond acceptors (Lipinski definition) is 4. The average Bonchev–Trinajstić information content (AvgIpc) is 3.10. The van der Waals surface area contributed by atoms with Crippen molar-refractivity contribution in [3.05, 3.63) is 59.2 Å². The van der Waals surface area contributed by atoms with Gasteiger partial charge in [-0.2, -0.15) is 0 Å². The number of carbonyl (C=O) groups is 2. The molecule has 34 heavy (non-hydrogen) atoms. The highest BCUT2D eigenvalue weighted by molar-refractivity contribution is 6.04. The van der Waals surface area contributed by atoms with Gasteiger partial charge in [-0.25, -0.2) is 0 Å². The molecule has 0 bridgehead atoms. The lowest BCUT2D eigenvalue weighted by Gasteiger charge is -2.35. The molecule has 4 heteroatoms. The molecule has 4 nitrogen and oxygen atoms in total. The zero-order chi connectivity index (χ0) is 25.0. The number of ketones is 1. The maximum atomic E-state index is 13.7. The predicted molar refractivity (Wildman–Crippen MR) is 139 cm³/mol. The third-order valence-corrected chi connectivity index (χ3v) is 7.54. The van der Waals surface area contributed by atoms with Crippen molar-refractivity contribution in [3.8, 4) is 11.1 Å². The van der Waals surface area contributed by atoms with Crippen molar-refractivity contribution in [2.24, 2.45) is 10.6 Å². The summed E-state index contributed by atoms with van der Waals surface area (Å²) in [7, 11) is 0. The van der Waals surface area contributed by atoms with E-state index in [1.807, 2.05) is 27.7 Å². The fourth-order valence-electron chi connectivity index (χ4n) is 5.65. The maximum absolute atomic E-state index is 13.7. The molecule has 0 fully saturated rings. The van der Waals surface area contributed by atoms with Gasteiger partial charge in [0.2, 0.25) is 0 Å². The lowest BCUT2D eigenvalue weighted by molar-refractivity contribution is -0.130. The molecule has 0 N–H and O–H groups in total. The van der Waals surface area contributed by atoms with Gasteiger partial charge in [0.15, 0.2) is 5.78 Å². The SMILES string of the molecule is CCCCC1(CCCC)c2ccccc2-c2ccc(C(C)(C)C(=O)C(C)(C)/C=N/OC=O)cc21.